The van der Waals surface area contributed by atoms with E-state index in [1.54, 1.807) is 0 Å². The van der Waals surface area contributed by atoms with E-state index in [1.165, 1.54) is 18.2 Å². The predicted octanol–water partition coefficient (Wildman–Crippen LogP) is 3.14. The summed E-state index contributed by atoms with van der Waals surface area (Å²) in [7, 11) is 0. The Bertz CT molecular complexity index is 305. The highest BCUT2D eigenvalue weighted by atomic mass is 19.1. The molecule has 1 N–H and O–H groups in total. The zero-order valence-electron chi connectivity index (χ0n) is 9.89. The lowest BCUT2D eigenvalue weighted by molar-refractivity contribution is 0.477. The van der Waals surface area contributed by atoms with Crippen LogP contribution in [0.25, 0.3) is 0 Å². The lowest BCUT2D eigenvalue weighted by Crippen LogP contribution is -2.23. The van der Waals surface area contributed by atoms with Gasteiger partial charge in [-0.25, -0.2) is 8.78 Å². The van der Waals surface area contributed by atoms with E-state index < -0.39 is 11.6 Å². The first-order valence-electron chi connectivity index (χ1n) is 5.78. The maximum atomic E-state index is 13.3. The Morgan fingerprint density at radius 3 is 2.44 bits per heavy atom. The van der Waals surface area contributed by atoms with Crippen LogP contribution >= 0.6 is 0 Å². The molecule has 0 amide bonds. The van der Waals surface area contributed by atoms with Crippen molar-refractivity contribution in [3.05, 3.63) is 35.4 Å². The zero-order chi connectivity index (χ0) is 12.0. The molecule has 1 aromatic rings. The molecule has 0 aliphatic heterocycles. The molecule has 0 aromatic heterocycles. The van der Waals surface area contributed by atoms with Crippen LogP contribution in [-0.2, 0) is 6.42 Å². The third-order valence-electron chi connectivity index (χ3n) is 2.53. The summed E-state index contributed by atoms with van der Waals surface area (Å²) in [5.41, 5.74) is 0.202. The van der Waals surface area contributed by atoms with Gasteiger partial charge in [0.05, 0.1) is 0 Å². The Labute approximate surface area is 95.9 Å². The van der Waals surface area contributed by atoms with Crippen molar-refractivity contribution >= 4 is 0 Å². The molecule has 0 heterocycles. The number of rotatable bonds is 6. The second kappa shape index (κ2) is 6.59. The molecule has 3 heteroatoms. The second-order valence-electron chi connectivity index (χ2n) is 4.21. The van der Waals surface area contributed by atoms with E-state index in [4.69, 9.17) is 0 Å². The van der Waals surface area contributed by atoms with Crippen LogP contribution in [0.1, 0.15) is 25.8 Å². The molecular formula is C13H19F2N. The van der Waals surface area contributed by atoms with Gasteiger partial charge in [-0.15, -0.1) is 0 Å². The Kier molecular flexibility index (Phi) is 5.39. The normalized spacial score (nSPS) is 12.8. The topological polar surface area (TPSA) is 12.0 Å². The molecule has 0 aliphatic rings. The maximum absolute atomic E-state index is 13.3. The second-order valence-corrected chi connectivity index (χ2v) is 4.21. The maximum Gasteiger partial charge on any atom is 0.129 e. The average molecular weight is 227 g/mol. The predicted molar refractivity (Wildman–Crippen MR) is 62.4 cm³/mol. The average Bonchev–Trinajstić information content (AvgIpc) is 2.24. The SMILES string of the molecule is CCCNCC(C)Cc1c(F)cccc1F. The Morgan fingerprint density at radius 1 is 1.25 bits per heavy atom. The third-order valence-corrected chi connectivity index (χ3v) is 2.53. The van der Waals surface area contributed by atoms with Crippen molar-refractivity contribution in [3.63, 3.8) is 0 Å². The summed E-state index contributed by atoms with van der Waals surface area (Å²) >= 11 is 0. The van der Waals surface area contributed by atoms with Gasteiger partial charge in [-0.3, -0.25) is 0 Å². The van der Waals surface area contributed by atoms with Crippen molar-refractivity contribution in [2.24, 2.45) is 5.92 Å². The van der Waals surface area contributed by atoms with Crippen LogP contribution in [-0.4, -0.2) is 13.1 Å². The van der Waals surface area contributed by atoms with Crippen molar-refractivity contribution in [2.75, 3.05) is 13.1 Å². The summed E-state index contributed by atoms with van der Waals surface area (Å²) in [5.74, 6) is -0.650. The molecule has 1 atom stereocenters. The van der Waals surface area contributed by atoms with Gasteiger partial charge in [0.25, 0.3) is 0 Å². The van der Waals surface area contributed by atoms with Crippen molar-refractivity contribution < 1.29 is 8.78 Å². The Balaban J connectivity index is 2.52. The van der Waals surface area contributed by atoms with Crippen LogP contribution in [0, 0.1) is 17.6 Å². The molecule has 16 heavy (non-hydrogen) atoms. The van der Waals surface area contributed by atoms with Gasteiger partial charge in [0.1, 0.15) is 11.6 Å². The third kappa shape index (κ3) is 3.89. The number of benzene rings is 1. The molecule has 0 aliphatic carbocycles. The van der Waals surface area contributed by atoms with Crippen molar-refractivity contribution in [1.29, 1.82) is 0 Å². The van der Waals surface area contributed by atoms with Crippen molar-refractivity contribution in [1.82, 2.24) is 5.32 Å². The van der Waals surface area contributed by atoms with Crippen LogP contribution in [0.3, 0.4) is 0 Å². The Morgan fingerprint density at radius 2 is 1.88 bits per heavy atom. The van der Waals surface area contributed by atoms with Crippen LogP contribution in [0.15, 0.2) is 18.2 Å². The summed E-state index contributed by atoms with van der Waals surface area (Å²) in [5, 5.41) is 3.25. The van der Waals surface area contributed by atoms with Gasteiger partial charge in [0.15, 0.2) is 0 Å². The lowest BCUT2D eigenvalue weighted by Gasteiger charge is -2.13. The fraction of sp³-hybridized carbons (Fsp3) is 0.538. The van der Waals surface area contributed by atoms with Crippen LogP contribution < -0.4 is 5.32 Å². The largest absolute Gasteiger partial charge is 0.316 e. The number of hydrogen-bond donors (Lipinski definition) is 1. The van der Waals surface area contributed by atoms with E-state index in [-0.39, 0.29) is 11.5 Å². The van der Waals surface area contributed by atoms with Gasteiger partial charge in [-0.05, 0) is 44.0 Å². The van der Waals surface area contributed by atoms with E-state index in [9.17, 15) is 8.78 Å². The van der Waals surface area contributed by atoms with Crippen LogP contribution in [0.4, 0.5) is 8.78 Å². The highest BCUT2D eigenvalue weighted by Crippen LogP contribution is 2.16. The van der Waals surface area contributed by atoms with Crippen molar-refractivity contribution in [3.8, 4) is 0 Å². The monoisotopic (exact) mass is 227 g/mol. The standard InChI is InChI=1S/C13H19F2N/c1-3-7-16-9-10(2)8-11-12(14)5-4-6-13(11)15/h4-6,10,16H,3,7-9H2,1-2H3. The minimum Gasteiger partial charge on any atom is -0.316 e. The fourth-order valence-corrected chi connectivity index (χ4v) is 1.67. The molecule has 0 bridgehead atoms. The van der Waals surface area contributed by atoms with Gasteiger partial charge in [-0.2, -0.15) is 0 Å². The van der Waals surface area contributed by atoms with E-state index >= 15 is 0 Å². The van der Waals surface area contributed by atoms with Crippen LogP contribution in [0.5, 0.6) is 0 Å². The number of hydrogen-bond acceptors (Lipinski definition) is 1. The molecule has 1 unspecified atom stereocenters. The van der Waals surface area contributed by atoms with Gasteiger partial charge in [0.2, 0.25) is 0 Å². The molecule has 1 aromatic carbocycles. The van der Waals surface area contributed by atoms with Gasteiger partial charge < -0.3 is 5.32 Å². The molecular weight excluding hydrogens is 208 g/mol. The fourth-order valence-electron chi connectivity index (χ4n) is 1.67. The molecule has 0 saturated carbocycles. The quantitative estimate of drug-likeness (QED) is 0.736. The summed E-state index contributed by atoms with van der Waals surface area (Å²) in [6.07, 6.45) is 1.51. The summed E-state index contributed by atoms with van der Waals surface area (Å²) in [6, 6.07) is 4.02. The summed E-state index contributed by atoms with van der Waals surface area (Å²) in [4.78, 5) is 0. The first-order chi connectivity index (χ1) is 7.65. The van der Waals surface area contributed by atoms with E-state index in [0.29, 0.717) is 6.42 Å². The first-order valence-corrected chi connectivity index (χ1v) is 5.78. The highest BCUT2D eigenvalue weighted by Gasteiger charge is 2.11. The van der Waals surface area contributed by atoms with E-state index in [0.717, 1.165) is 19.5 Å². The lowest BCUT2D eigenvalue weighted by atomic mass is 10.00. The van der Waals surface area contributed by atoms with Gasteiger partial charge >= 0.3 is 0 Å². The highest BCUT2D eigenvalue weighted by molar-refractivity contribution is 5.20. The van der Waals surface area contributed by atoms with Crippen LogP contribution in [0.2, 0.25) is 0 Å². The number of nitrogens with one attached hydrogen (secondary N) is 1. The molecule has 0 spiro atoms. The first kappa shape index (κ1) is 13.1. The van der Waals surface area contributed by atoms with Gasteiger partial charge in [-0.1, -0.05) is 19.9 Å². The molecule has 0 saturated heterocycles. The van der Waals surface area contributed by atoms with E-state index in [1.807, 2.05) is 6.92 Å². The smallest absolute Gasteiger partial charge is 0.129 e. The number of halogens is 2. The molecule has 1 nitrogen and oxygen atoms in total. The van der Waals surface area contributed by atoms with Crippen molar-refractivity contribution in [2.45, 2.75) is 26.7 Å². The Hall–Kier alpha value is -0.960. The summed E-state index contributed by atoms with van der Waals surface area (Å²) in [6.45, 7) is 5.83. The summed E-state index contributed by atoms with van der Waals surface area (Å²) < 4.78 is 26.7. The van der Waals surface area contributed by atoms with E-state index in [2.05, 4.69) is 12.2 Å². The van der Waals surface area contributed by atoms with Gasteiger partial charge in [0, 0.05) is 5.56 Å². The minimum absolute atomic E-state index is 0.202. The molecule has 0 fully saturated rings. The molecule has 90 valence electrons. The molecule has 0 radical (unpaired) electrons. The minimum atomic E-state index is -0.442. The molecule has 1 rings (SSSR count). The zero-order valence-corrected chi connectivity index (χ0v) is 9.89.